The molecule has 0 saturated heterocycles. The molecule has 0 radical (unpaired) electrons. The zero-order valence-corrected chi connectivity index (χ0v) is 14.0. The molecule has 4 rings (SSSR count). The lowest BCUT2D eigenvalue weighted by Crippen LogP contribution is -2.23. The van der Waals surface area contributed by atoms with E-state index in [2.05, 4.69) is 31.9 Å². The molecule has 1 aromatic heterocycles. The van der Waals surface area contributed by atoms with Crippen molar-refractivity contribution in [1.29, 1.82) is 0 Å². The minimum absolute atomic E-state index is 0.124. The standard InChI is InChI=1S/C19H19N5O/c1-12-21-18(24-23-12)14-2-4-15(5-3-14)19(25)22-17-7-6-13-8-9-20-11-16(13)10-17/h2-7,10,20H,8-9,11H2,1H3,(H,22,25)(H,21,23,24). The van der Waals surface area contributed by atoms with Crippen LogP contribution < -0.4 is 10.6 Å². The van der Waals surface area contributed by atoms with E-state index in [-0.39, 0.29) is 5.91 Å². The van der Waals surface area contributed by atoms with E-state index < -0.39 is 0 Å². The predicted octanol–water partition coefficient (Wildman–Crippen LogP) is 2.68. The van der Waals surface area contributed by atoms with Gasteiger partial charge in [-0.1, -0.05) is 18.2 Å². The second-order valence-corrected chi connectivity index (χ2v) is 6.19. The topological polar surface area (TPSA) is 82.7 Å². The van der Waals surface area contributed by atoms with Crippen LogP contribution in [0.15, 0.2) is 42.5 Å². The Kier molecular flexibility index (Phi) is 4.03. The third kappa shape index (κ3) is 3.29. The Balaban J connectivity index is 1.49. The molecule has 0 bridgehead atoms. The van der Waals surface area contributed by atoms with Crippen LogP contribution in [0.1, 0.15) is 27.3 Å². The predicted molar refractivity (Wildman–Crippen MR) is 96.4 cm³/mol. The second kappa shape index (κ2) is 6.49. The molecule has 3 N–H and O–H groups in total. The lowest BCUT2D eigenvalue weighted by molar-refractivity contribution is 0.102. The number of carbonyl (C=O) groups is 1. The number of aromatic amines is 1. The molecule has 0 saturated carbocycles. The first-order valence-corrected chi connectivity index (χ1v) is 8.32. The number of fused-ring (bicyclic) bond motifs is 1. The van der Waals surface area contributed by atoms with Gasteiger partial charge >= 0.3 is 0 Å². The number of amides is 1. The molecule has 25 heavy (non-hydrogen) atoms. The van der Waals surface area contributed by atoms with E-state index in [9.17, 15) is 4.79 Å². The molecule has 0 fully saturated rings. The number of anilines is 1. The Hall–Kier alpha value is -2.99. The van der Waals surface area contributed by atoms with Crippen LogP contribution in [0.4, 0.5) is 5.69 Å². The average molecular weight is 333 g/mol. The zero-order valence-electron chi connectivity index (χ0n) is 14.0. The quantitative estimate of drug-likeness (QED) is 0.688. The Bertz CT molecular complexity index is 914. The van der Waals surface area contributed by atoms with E-state index in [1.807, 2.05) is 31.2 Å². The number of nitrogens with one attached hydrogen (secondary N) is 3. The molecule has 1 amide bonds. The van der Waals surface area contributed by atoms with Gasteiger partial charge in [-0.15, -0.1) is 0 Å². The van der Waals surface area contributed by atoms with Crippen LogP contribution in [0.3, 0.4) is 0 Å². The molecule has 2 aromatic carbocycles. The van der Waals surface area contributed by atoms with E-state index in [0.29, 0.717) is 11.4 Å². The number of H-pyrrole nitrogens is 1. The van der Waals surface area contributed by atoms with Crippen molar-refractivity contribution in [1.82, 2.24) is 20.5 Å². The Labute approximate surface area is 145 Å². The number of aryl methyl sites for hydroxylation is 1. The largest absolute Gasteiger partial charge is 0.322 e. The maximum Gasteiger partial charge on any atom is 0.255 e. The van der Waals surface area contributed by atoms with Gasteiger partial charge in [-0.3, -0.25) is 9.89 Å². The summed E-state index contributed by atoms with van der Waals surface area (Å²) in [5.41, 5.74) is 4.90. The number of hydrogen-bond acceptors (Lipinski definition) is 4. The van der Waals surface area contributed by atoms with Gasteiger partial charge in [-0.05, 0) is 55.3 Å². The van der Waals surface area contributed by atoms with Crippen molar-refractivity contribution in [3.8, 4) is 11.4 Å². The molecule has 0 atom stereocenters. The van der Waals surface area contributed by atoms with Crippen LogP contribution in [0.25, 0.3) is 11.4 Å². The zero-order chi connectivity index (χ0) is 17.2. The molecule has 0 unspecified atom stereocenters. The highest BCUT2D eigenvalue weighted by Crippen LogP contribution is 2.20. The van der Waals surface area contributed by atoms with Gasteiger partial charge in [-0.25, -0.2) is 4.98 Å². The van der Waals surface area contributed by atoms with Gasteiger partial charge in [0.1, 0.15) is 5.82 Å². The van der Waals surface area contributed by atoms with Gasteiger partial charge in [0.2, 0.25) is 0 Å². The van der Waals surface area contributed by atoms with Crippen molar-refractivity contribution in [2.75, 3.05) is 11.9 Å². The van der Waals surface area contributed by atoms with Gasteiger partial charge in [0, 0.05) is 23.4 Å². The first-order valence-electron chi connectivity index (χ1n) is 8.32. The van der Waals surface area contributed by atoms with Crippen LogP contribution in [-0.4, -0.2) is 27.6 Å². The second-order valence-electron chi connectivity index (χ2n) is 6.19. The molecule has 126 valence electrons. The first-order chi connectivity index (χ1) is 12.2. The van der Waals surface area contributed by atoms with Gasteiger partial charge < -0.3 is 10.6 Å². The summed E-state index contributed by atoms with van der Waals surface area (Å²) in [7, 11) is 0. The summed E-state index contributed by atoms with van der Waals surface area (Å²) in [6.07, 6.45) is 1.03. The molecule has 1 aliphatic heterocycles. The molecule has 0 aliphatic carbocycles. The lowest BCUT2D eigenvalue weighted by Gasteiger charge is -2.18. The minimum Gasteiger partial charge on any atom is -0.322 e. The van der Waals surface area contributed by atoms with Crippen LogP contribution in [-0.2, 0) is 13.0 Å². The van der Waals surface area contributed by atoms with Crippen LogP contribution in [0.5, 0.6) is 0 Å². The number of rotatable bonds is 3. The highest BCUT2D eigenvalue weighted by molar-refractivity contribution is 6.04. The highest BCUT2D eigenvalue weighted by atomic mass is 16.1. The fourth-order valence-corrected chi connectivity index (χ4v) is 3.00. The summed E-state index contributed by atoms with van der Waals surface area (Å²) >= 11 is 0. The number of aromatic nitrogens is 3. The third-order valence-electron chi connectivity index (χ3n) is 4.35. The summed E-state index contributed by atoms with van der Waals surface area (Å²) in [6, 6.07) is 13.4. The lowest BCUT2D eigenvalue weighted by atomic mass is 10.0. The van der Waals surface area contributed by atoms with Crippen molar-refractivity contribution in [2.24, 2.45) is 0 Å². The maximum atomic E-state index is 12.5. The van der Waals surface area contributed by atoms with Crippen molar-refractivity contribution in [3.05, 3.63) is 65.0 Å². The molecule has 6 heteroatoms. The molecule has 2 heterocycles. The summed E-state index contributed by atoms with van der Waals surface area (Å²) in [5, 5.41) is 13.3. The van der Waals surface area contributed by atoms with Crippen molar-refractivity contribution < 1.29 is 4.79 Å². The minimum atomic E-state index is -0.124. The van der Waals surface area contributed by atoms with Crippen molar-refractivity contribution in [2.45, 2.75) is 19.9 Å². The van der Waals surface area contributed by atoms with Gasteiger partial charge in [0.05, 0.1) is 0 Å². The van der Waals surface area contributed by atoms with Crippen molar-refractivity contribution in [3.63, 3.8) is 0 Å². The summed E-state index contributed by atoms with van der Waals surface area (Å²) in [4.78, 5) is 16.8. The molecular formula is C19H19N5O. The molecule has 3 aromatic rings. The van der Waals surface area contributed by atoms with E-state index in [0.717, 1.165) is 36.6 Å². The highest BCUT2D eigenvalue weighted by Gasteiger charge is 2.12. The van der Waals surface area contributed by atoms with E-state index in [4.69, 9.17) is 0 Å². The van der Waals surface area contributed by atoms with E-state index in [1.54, 1.807) is 12.1 Å². The summed E-state index contributed by atoms with van der Waals surface area (Å²) < 4.78 is 0. The molecule has 6 nitrogen and oxygen atoms in total. The van der Waals surface area contributed by atoms with E-state index >= 15 is 0 Å². The maximum absolute atomic E-state index is 12.5. The summed E-state index contributed by atoms with van der Waals surface area (Å²) in [6.45, 7) is 3.71. The SMILES string of the molecule is Cc1nc(-c2ccc(C(=O)Nc3ccc4c(c3)CNCC4)cc2)n[nH]1. The number of benzene rings is 2. The first kappa shape index (κ1) is 15.5. The number of carbonyl (C=O) groups excluding carboxylic acids is 1. The fourth-order valence-electron chi connectivity index (χ4n) is 3.00. The monoisotopic (exact) mass is 333 g/mol. The Morgan fingerprint density at radius 2 is 1.96 bits per heavy atom. The smallest absolute Gasteiger partial charge is 0.255 e. The molecule has 0 spiro atoms. The third-order valence-corrected chi connectivity index (χ3v) is 4.35. The van der Waals surface area contributed by atoms with Crippen LogP contribution in [0.2, 0.25) is 0 Å². The van der Waals surface area contributed by atoms with E-state index in [1.165, 1.54) is 11.1 Å². The average Bonchev–Trinajstić information content (AvgIpc) is 3.08. The van der Waals surface area contributed by atoms with Crippen molar-refractivity contribution >= 4 is 11.6 Å². The van der Waals surface area contributed by atoms with Gasteiger partial charge in [0.25, 0.3) is 5.91 Å². The van der Waals surface area contributed by atoms with Crippen LogP contribution in [0, 0.1) is 6.92 Å². The normalized spacial score (nSPS) is 13.3. The van der Waals surface area contributed by atoms with Crippen LogP contribution >= 0.6 is 0 Å². The fraction of sp³-hybridized carbons (Fsp3) is 0.211. The molecule has 1 aliphatic rings. The number of hydrogen-bond donors (Lipinski definition) is 3. The molecular weight excluding hydrogens is 314 g/mol. The number of nitrogens with zero attached hydrogens (tertiary/aromatic N) is 2. The van der Waals surface area contributed by atoms with Gasteiger partial charge in [0.15, 0.2) is 5.82 Å². The Morgan fingerprint density at radius 1 is 1.12 bits per heavy atom. The summed E-state index contributed by atoms with van der Waals surface area (Å²) in [5.74, 6) is 1.27. The van der Waals surface area contributed by atoms with Gasteiger partial charge in [-0.2, -0.15) is 5.10 Å². The Morgan fingerprint density at radius 3 is 2.72 bits per heavy atom.